The van der Waals surface area contributed by atoms with Gasteiger partial charge >= 0.3 is 0 Å². The summed E-state index contributed by atoms with van der Waals surface area (Å²) in [5.74, 6) is 0.896. The van der Waals surface area contributed by atoms with Gasteiger partial charge < -0.3 is 15.4 Å². The van der Waals surface area contributed by atoms with Crippen LogP contribution in [0, 0.1) is 0 Å². The molecule has 1 aliphatic heterocycles. The molecule has 1 aromatic rings. The molecule has 1 heterocycles. The molecule has 0 saturated carbocycles. The van der Waals surface area contributed by atoms with Crippen molar-refractivity contribution >= 4 is 11.4 Å². The second-order valence-electron chi connectivity index (χ2n) is 3.67. The van der Waals surface area contributed by atoms with Crippen LogP contribution in [0.5, 0.6) is 5.75 Å². The molecule has 1 aliphatic rings. The fraction of sp³-hybridized carbons (Fsp3) is 0.455. The SMILES string of the molecule is COc1ccc2c(c1)N[C@@H](C)CCN2. The lowest BCUT2D eigenvalue weighted by atomic mass is 10.2. The van der Waals surface area contributed by atoms with E-state index < -0.39 is 0 Å². The van der Waals surface area contributed by atoms with Crippen molar-refractivity contribution in [2.45, 2.75) is 19.4 Å². The minimum Gasteiger partial charge on any atom is -0.497 e. The third-order valence-electron chi connectivity index (χ3n) is 2.52. The number of rotatable bonds is 1. The molecule has 1 atom stereocenters. The monoisotopic (exact) mass is 192 g/mol. The van der Waals surface area contributed by atoms with Crippen molar-refractivity contribution in [3.63, 3.8) is 0 Å². The van der Waals surface area contributed by atoms with Gasteiger partial charge in [0.05, 0.1) is 18.5 Å². The number of anilines is 2. The molecular weight excluding hydrogens is 176 g/mol. The lowest BCUT2D eigenvalue weighted by Crippen LogP contribution is -2.14. The number of hydrogen-bond donors (Lipinski definition) is 2. The highest BCUT2D eigenvalue weighted by molar-refractivity contribution is 5.71. The number of ether oxygens (including phenoxy) is 1. The first-order valence-electron chi connectivity index (χ1n) is 4.98. The number of nitrogens with one attached hydrogen (secondary N) is 2. The number of hydrogen-bond acceptors (Lipinski definition) is 3. The van der Waals surface area contributed by atoms with Crippen LogP contribution < -0.4 is 15.4 Å². The fourth-order valence-corrected chi connectivity index (χ4v) is 1.68. The maximum Gasteiger partial charge on any atom is 0.121 e. The topological polar surface area (TPSA) is 33.3 Å². The van der Waals surface area contributed by atoms with Gasteiger partial charge in [0.15, 0.2) is 0 Å². The van der Waals surface area contributed by atoms with Crippen LogP contribution in [-0.2, 0) is 0 Å². The van der Waals surface area contributed by atoms with E-state index in [1.54, 1.807) is 7.11 Å². The van der Waals surface area contributed by atoms with Crippen LogP contribution in [0.2, 0.25) is 0 Å². The summed E-state index contributed by atoms with van der Waals surface area (Å²) >= 11 is 0. The van der Waals surface area contributed by atoms with E-state index in [1.165, 1.54) is 0 Å². The zero-order chi connectivity index (χ0) is 9.97. The Balaban J connectivity index is 2.32. The van der Waals surface area contributed by atoms with Crippen molar-refractivity contribution < 1.29 is 4.74 Å². The summed E-state index contributed by atoms with van der Waals surface area (Å²) < 4.78 is 5.19. The van der Waals surface area contributed by atoms with Crippen molar-refractivity contribution in [1.82, 2.24) is 0 Å². The minimum atomic E-state index is 0.510. The molecule has 0 amide bonds. The Kier molecular flexibility index (Phi) is 2.48. The van der Waals surface area contributed by atoms with Crippen LogP contribution in [0.25, 0.3) is 0 Å². The maximum absolute atomic E-state index is 5.19. The molecule has 0 radical (unpaired) electrons. The Morgan fingerprint density at radius 1 is 1.36 bits per heavy atom. The van der Waals surface area contributed by atoms with Gasteiger partial charge in [-0.05, 0) is 25.5 Å². The Morgan fingerprint density at radius 2 is 2.21 bits per heavy atom. The molecule has 2 N–H and O–H groups in total. The molecule has 0 aliphatic carbocycles. The summed E-state index contributed by atoms with van der Waals surface area (Å²) in [4.78, 5) is 0. The van der Waals surface area contributed by atoms with Crippen molar-refractivity contribution in [1.29, 1.82) is 0 Å². The summed E-state index contributed by atoms with van der Waals surface area (Å²) in [6.07, 6.45) is 1.14. The van der Waals surface area contributed by atoms with Crippen molar-refractivity contribution in [3.8, 4) is 5.75 Å². The molecule has 0 fully saturated rings. The smallest absolute Gasteiger partial charge is 0.121 e. The van der Waals surface area contributed by atoms with Gasteiger partial charge in [-0.15, -0.1) is 0 Å². The standard InChI is InChI=1S/C11H16N2O/c1-8-5-6-12-10-4-3-9(14-2)7-11(10)13-8/h3-4,7-8,12-13H,5-6H2,1-2H3/t8-/m0/s1. The van der Waals surface area contributed by atoms with E-state index in [0.29, 0.717) is 6.04 Å². The molecule has 2 rings (SSSR count). The molecular formula is C11H16N2O. The maximum atomic E-state index is 5.19. The third kappa shape index (κ3) is 1.76. The highest BCUT2D eigenvalue weighted by atomic mass is 16.5. The van der Waals surface area contributed by atoms with E-state index >= 15 is 0 Å². The molecule has 1 aromatic carbocycles. The van der Waals surface area contributed by atoms with Crippen molar-refractivity contribution in [2.75, 3.05) is 24.3 Å². The predicted molar refractivity (Wildman–Crippen MR) is 59.2 cm³/mol. The van der Waals surface area contributed by atoms with Crippen LogP contribution in [0.15, 0.2) is 18.2 Å². The second-order valence-corrected chi connectivity index (χ2v) is 3.67. The quantitative estimate of drug-likeness (QED) is 0.716. The molecule has 0 aromatic heterocycles. The van der Waals surface area contributed by atoms with Crippen LogP contribution >= 0.6 is 0 Å². The Bertz CT molecular complexity index is 325. The Labute approximate surface area is 84.5 Å². The van der Waals surface area contributed by atoms with Crippen molar-refractivity contribution in [3.05, 3.63) is 18.2 Å². The van der Waals surface area contributed by atoms with E-state index in [4.69, 9.17) is 4.74 Å². The van der Waals surface area contributed by atoms with Crippen LogP contribution in [-0.4, -0.2) is 19.7 Å². The highest BCUT2D eigenvalue weighted by Crippen LogP contribution is 2.29. The highest BCUT2D eigenvalue weighted by Gasteiger charge is 2.11. The molecule has 76 valence electrons. The van der Waals surface area contributed by atoms with Gasteiger partial charge in [0.1, 0.15) is 5.75 Å². The van der Waals surface area contributed by atoms with Gasteiger partial charge in [0, 0.05) is 18.7 Å². The van der Waals surface area contributed by atoms with Gasteiger partial charge in [0.25, 0.3) is 0 Å². The average Bonchev–Trinajstić information content (AvgIpc) is 2.37. The van der Waals surface area contributed by atoms with Gasteiger partial charge in [-0.3, -0.25) is 0 Å². The van der Waals surface area contributed by atoms with E-state index in [9.17, 15) is 0 Å². The summed E-state index contributed by atoms with van der Waals surface area (Å²) in [5.41, 5.74) is 2.30. The molecule has 0 bridgehead atoms. The molecule has 0 unspecified atom stereocenters. The Hall–Kier alpha value is -1.38. The number of fused-ring (bicyclic) bond motifs is 1. The van der Waals surface area contributed by atoms with Crippen LogP contribution in [0.4, 0.5) is 11.4 Å². The largest absolute Gasteiger partial charge is 0.497 e. The van der Waals surface area contributed by atoms with E-state index in [1.807, 2.05) is 12.1 Å². The van der Waals surface area contributed by atoms with E-state index in [-0.39, 0.29) is 0 Å². The third-order valence-corrected chi connectivity index (χ3v) is 2.52. The molecule has 0 spiro atoms. The average molecular weight is 192 g/mol. The first kappa shape index (κ1) is 9.19. The van der Waals surface area contributed by atoms with Crippen LogP contribution in [0.3, 0.4) is 0 Å². The predicted octanol–water partition coefficient (Wildman–Crippen LogP) is 2.31. The molecule has 14 heavy (non-hydrogen) atoms. The first-order valence-corrected chi connectivity index (χ1v) is 4.98. The minimum absolute atomic E-state index is 0.510. The van der Waals surface area contributed by atoms with Crippen LogP contribution in [0.1, 0.15) is 13.3 Å². The zero-order valence-electron chi connectivity index (χ0n) is 8.63. The second kappa shape index (κ2) is 3.78. The Morgan fingerprint density at radius 3 is 3.00 bits per heavy atom. The van der Waals surface area contributed by atoms with Gasteiger partial charge in [-0.1, -0.05) is 0 Å². The normalized spacial score (nSPS) is 20.0. The summed E-state index contributed by atoms with van der Waals surface area (Å²) in [6.45, 7) is 3.21. The summed E-state index contributed by atoms with van der Waals surface area (Å²) in [7, 11) is 1.69. The summed E-state index contributed by atoms with van der Waals surface area (Å²) in [5, 5.41) is 6.84. The fourth-order valence-electron chi connectivity index (χ4n) is 1.68. The number of benzene rings is 1. The molecule has 3 nitrogen and oxygen atoms in total. The van der Waals surface area contributed by atoms with Gasteiger partial charge in [-0.2, -0.15) is 0 Å². The molecule has 0 saturated heterocycles. The van der Waals surface area contributed by atoms with Gasteiger partial charge in [0.2, 0.25) is 0 Å². The van der Waals surface area contributed by atoms with E-state index in [2.05, 4.69) is 23.6 Å². The number of methoxy groups -OCH3 is 1. The van der Waals surface area contributed by atoms with E-state index in [0.717, 1.165) is 30.1 Å². The first-order chi connectivity index (χ1) is 6.79. The summed E-state index contributed by atoms with van der Waals surface area (Å²) in [6, 6.07) is 6.57. The lowest BCUT2D eigenvalue weighted by molar-refractivity contribution is 0.415. The molecule has 3 heteroatoms. The zero-order valence-corrected chi connectivity index (χ0v) is 8.63. The lowest BCUT2D eigenvalue weighted by Gasteiger charge is -2.13. The van der Waals surface area contributed by atoms with Crippen molar-refractivity contribution in [2.24, 2.45) is 0 Å². The van der Waals surface area contributed by atoms with Gasteiger partial charge in [-0.25, -0.2) is 0 Å².